The quantitative estimate of drug-likeness (QED) is 0.627. The lowest BCUT2D eigenvalue weighted by molar-refractivity contribution is -0.122. The van der Waals surface area contributed by atoms with E-state index in [-0.39, 0.29) is 18.0 Å². The largest absolute Gasteiger partial charge is 0.367 e. The van der Waals surface area contributed by atoms with Gasteiger partial charge in [0.25, 0.3) is 0 Å². The highest BCUT2D eigenvalue weighted by atomic mass is 16.2. The van der Waals surface area contributed by atoms with Crippen molar-refractivity contribution in [2.75, 3.05) is 0 Å². The number of allylic oxidation sites excluding steroid dienone is 2. The molecular weight excluding hydrogens is 190 g/mol. The number of carbonyl (C=O) groups is 1. The Morgan fingerprint density at radius 2 is 2.40 bits per heavy atom. The van der Waals surface area contributed by atoms with Gasteiger partial charge < -0.3 is 16.0 Å². The fourth-order valence-electron chi connectivity index (χ4n) is 1.62. The topological polar surface area (TPSA) is 65.0 Å². The molecule has 4 heteroatoms. The lowest BCUT2D eigenvalue weighted by Crippen LogP contribution is -2.48. The standard InChI is InChI=1S/C11H15N3O/c1-2-8-9(12)5-6-13-10(8)14-11(15)7-3-4-7/h2,5-7,10,12-13H,3-4H2,1H3,(H,14,15)/b8-2+,12-9?. The number of amides is 1. The van der Waals surface area contributed by atoms with E-state index in [9.17, 15) is 4.79 Å². The summed E-state index contributed by atoms with van der Waals surface area (Å²) in [6.07, 6.45) is 7.01. The first-order chi connectivity index (χ1) is 7.22. The molecule has 2 rings (SSSR count). The molecule has 1 aliphatic carbocycles. The van der Waals surface area contributed by atoms with Gasteiger partial charge in [0.2, 0.25) is 5.91 Å². The van der Waals surface area contributed by atoms with Crippen LogP contribution in [0.4, 0.5) is 0 Å². The van der Waals surface area contributed by atoms with Crippen LogP contribution in [0.25, 0.3) is 0 Å². The third-order valence-electron chi connectivity index (χ3n) is 2.68. The minimum Gasteiger partial charge on any atom is -0.367 e. The second kappa shape index (κ2) is 3.88. The Balaban J connectivity index is 2.04. The summed E-state index contributed by atoms with van der Waals surface area (Å²) in [4.78, 5) is 11.6. The summed E-state index contributed by atoms with van der Waals surface area (Å²) >= 11 is 0. The van der Waals surface area contributed by atoms with Gasteiger partial charge in [0.05, 0.1) is 5.71 Å². The maximum absolute atomic E-state index is 11.6. The maximum Gasteiger partial charge on any atom is 0.224 e. The predicted octanol–water partition coefficient (Wildman–Crippen LogP) is 0.922. The van der Waals surface area contributed by atoms with E-state index in [0.29, 0.717) is 5.71 Å². The highest BCUT2D eigenvalue weighted by molar-refractivity contribution is 6.08. The van der Waals surface area contributed by atoms with Crippen LogP contribution in [-0.2, 0) is 4.79 Å². The van der Waals surface area contributed by atoms with Crippen molar-refractivity contribution >= 4 is 11.6 Å². The zero-order valence-electron chi connectivity index (χ0n) is 8.71. The first kappa shape index (κ1) is 9.96. The molecule has 1 saturated carbocycles. The van der Waals surface area contributed by atoms with E-state index in [0.717, 1.165) is 18.4 Å². The number of carbonyl (C=O) groups excluding carboxylic acids is 1. The molecule has 0 saturated heterocycles. The molecule has 0 aromatic heterocycles. The summed E-state index contributed by atoms with van der Waals surface area (Å²) in [6.45, 7) is 1.88. The van der Waals surface area contributed by atoms with Crippen LogP contribution in [0.3, 0.4) is 0 Å². The fraction of sp³-hybridized carbons (Fsp3) is 0.455. The summed E-state index contributed by atoms with van der Waals surface area (Å²) in [7, 11) is 0. The van der Waals surface area contributed by atoms with Gasteiger partial charge in [-0.25, -0.2) is 0 Å². The molecule has 0 radical (unpaired) electrons. The van der Waals surface area contributed by atoms with Gasteiger partial charge in [0.15, 0.2) is 0 Å². The van der Waals surface area contributed by atoms with Gasteiger partial charge in [-0.15, -0.1) is 0 Å². The van der Waals surface area contributed by atoms with Crippen molar-refractivity contribution in [3.8, 4) is 0 Å². The third kappa shape index (κ3) is 2.09. The molecule has 0 spiro atoms. The lowest BCUT2D eigenvalue weighted by Gasteiger charge is -2.25. The van der Waals surface area contributed by atoms with E-state index in [1.54, 1.807) is 12.3 Å². The van der Waals surface area contributed by atoms with E-state index in [1.807, 2.05) is 13.0 Å². The Hall–Kier alpha value is -1.58. The molecule has 80 valence electrons. The Kier molecular flexibility index (Phi) is 2.58. The molecule has 1 atom stereocenters. The van der Waals surface area contributed by atoms with Crippen LogP contribution in [0.15, 0.2) is 23.9 Å². The normalized spacial score (nSPS) is 27.7. The molecule has 1 heterocycles. The minimum absolute atomic E-state index is 0.0925. The molecule has 1 fully saturated rings. The Morgan fingerprint density at radius 1 is 1.67 bits per heavy atom. The molecule has 15 heavy (non-hydrogen) atoms. The second-order valence-corrected chi connectivity index (χ2v) is 3.87. The van der Waals surface area contributed by atoms with E-state index in [4.69, 9.17) is 5.41 Å². The summed E-state index contributed by atoms with van der Waals surface area (Å²) in [5.74, 6) is 0.292. The molecule has 1 amide bonds. The molecular formula is C11H15N3O. The van der Waals surface area contributed by atoms with Crippen molar-refractivity contribution in [3.05, 3.63) is 23.9 Å². The average molecular weight is 205 g/mol. The van der Waals surface area contributed by atoms with Gasteiger partial charge in [-0.2, -0.15) is 0 Å². The van der Waals surface area contributed by atoms with Gasteiger partial charge in [0, 0.05) is 17.7 Å². The van der Waals surface area contributed by atoms with Gasteiger partial charge >= 0.3 is 0 Å². The maximum atomic E-state index is 11.6. The van der Waals surface area contributed by atoms with Gasteiger partial charge in [-0.3, -0.25) is 4.79 Å². The molecule has 0 aromatic rings. The molecule has 4 nitrogen and oxygen atoms in total. The first-order valence-electron chi connectivity index (χ1n) is 5.20. The zero-order chi connectivity index (χ0) is 10.8. The highest BCUT2D eigenvalue weighted by Crippen LogP contribution is 2.29. The van der Waals surface area contributed by atoms with Crippen LogP contribution in [0.1, 0.15) is 19.8 Å². The first-order valence-corrected chi connectivity index (χ1v) is 5.20. The van der Waals surface area contributed by atoms with Crippen molar-refractivity contribution in [1.82, 2.24) is 10.6 Å². The van der Waals surface area contributed by atoms with Crippen LogP contribution < -0.4 is 10.6 Å². The molecule has 3 N–H and O–H groups in total. The van der Waals surface area contributed by atoms with E-state index < -0.39 is 0 Å². The number of nitrogens with one attached hydrogen (secondary N) is 3. The average Bonchev–Trinajstić information content (AvgIpc) is 3.01. The van der Waals surface area contributed by atoms with Crippen molar-refractivity contribution in [1.29, 1.82) is 5.41 Å². The summed E-state index contributed by atoms with van der Waals surface area (Å²) < 4.78 is 0. The van der Waals surface area contributed by atoms with Crippen molar-refractivity contribution in [2.45, 2.75) is 25.9 Å². The summed E-state index contributed by atoms with van der Waals surface area (Å²) in [6, 6.07) is 0. The minimum atomic E-state index is -0.236. The Labute approximate surface area is 88.9 Å². The second-order valence-electron chi connectivity index (χ2n) is 3.87. The predicted molar refractivity (Wildman–Crippen MR) is 58.4 cm³/mol. The molecule has 0 aromatic carbocycles. The van der Waals surface area contributed by atoms with Crippen LogP contribution in [0.2, 0.25) is 0 Å². The number of rotatable bonds is 2. The van der Waals surface area contributed by atoms with Crippen LogP contribution in [-0.4, -0.2) is 17.8 Å². The smallest absolute Gasteiger partial charge is 0.224 e. The summed E-state index contributed by atoms with van der Waals surface area (Å²) in [5.41, 5.74) is 1.28. The molecule has 2 aliphatic rings. The monoisotopic (exact) mass is 205 g/mol. The zero-order valence-corrected chi connectivity index (χ0v) is 8.71. The fourth-order valence-corrected chi connectivity index (χ4v) is 1.62. The third-order valence-corrected chi connectivity index (χ3v) is 2.68. The van der Waals surface area contributed by atoms with Crippen LogP contribution >= 0.6 is 0 Å². The van der Waals surface area contributed by atoms with Crippen LogP contribution in [0, 0.1) is 11.3 Å². The van der Waals surface area contributed by atoms with E-state index in [1.165, 1.54) is 0 Å². The highest BCUT2D eigenvalue weighted by Gasteiger charge is 2.32. The van der Waals surface area contributed by atoms with E-state index in [2.05, 4.69) is 10.6 Å². The SMILES string of the molecule is C/C=C1\C(=N)C=CNC1NC(=O)C1CC1. The van der Waals surface area contributed by atoms with E-state index >= 15 is 0 Å². The Bertz CT molecular complexity index is 353. The number of hydrogen-bond acceptors (Lipinski definition) is 3. The summed E-state index contributed by atoms with van der Waals surface area (Å²) in [5, 5.41) is 13.6. The van der Waals surface area contributed by atoms with Crippen molar-refractivity contribution in [3.63, 3.8) is 0 Å². The number of hydrogen-bond donors (Lipinski definition) is 3. The van der Waals surface area contributed by atoms with Crippen molar-refractivity contribution < 1.29 is 4.79 Å². The lowest BCUT2D eigenvalue weighted by atomic mass is 10.0. The molecule has 1 aliphatic heterocycles. The molecule has 0 bridgehead atoms. The van der Waals surface area contributed by atoms with Gasteiger partial charge in [0.1, 0.15) is 6.17 Å². The van der Waals surface area contributed by atoms with Gasteiger partial charge in [-0.1, -0.05) is 6.08 Å². The van der Waals surface area contributed by atoms with Gasteiger partial charge in [-0.05, 0) is 25.8 Å². The Morgan fingerprint density at radius 3 is 3.00 bits per heavy atom. The van der Waals surface area contributed by atoms with Crippen molar-refractivity contribution in [2.24, 2.45) is 5.92 Å². The molecule has 1 unspecified atom stereocenters. The van der Waals surface area contributed by atoms with Crippen LogP contribution in [0.5, 0.6) is 0 Å².